The normalized spacial score (nSPS) is 14.9. The second-order valence-electron chi connectivity index (χ2n) is 7.81. The predicted molar refractivity (Wildman–Crippen MR) is 121 cm³/mol. The lowest BCUT2D eigenvalue weighted by Gasteiger charge is -2.16. The van der Waals surface area contributed by atoms with E-state index >= 15 is 0 Å². The number of hydrogen-bond acceptors (Lipinski definition) is 5. The highest BCUT2D eigenvalue weighted by molar-refractivity contribution is 7.98. The third-order valence-corrected chi connectivity index (χ3v) is 6.49. The maximum atomic E-state index is 14.9. The number of nitrogens with zero attached hydrogens (tertiary/aromatic N) is 4. The van der Waals surface area contributed by atoms with Gasteiger partial charge < -0.3 is 10.3 Å². The maximum absolute atomic E-state index is 14.9. The van der Waals surface area contributed by atoms with Gasteiger partial charge in [0.2, 0.25) is 0 Å². The molecule has 7 heteroatoms. The SMILES string of the molecule is CSc1nc2c(N)nc3ccccc3c2n1Cc1ccc(CN2CCCC2)c(F)c1. The minimum absolute atomic E-state index is 0.138. The minimum Gasteiger partial charge on any atom is -0.382 e. The molecule has 0 atom stereocenters. The molecule has 0 aliphatic carbocycles. The highest BCUT2D eigenvalue weighted by Crippen LogP contribution is 2.32. The van der Waals surface area contributed by atoms with E-state index in [1.165, 1.54) is 12.8 Å². The van der Waals surface area contributed by atoms with E-state index in [1.54, 1.807) is 17.8 Å². The quantitative estimate of drug-likeness (QED) is 0.475. The second-order valence-corrected chi connectivity index (χ2v) is 8.58. The van der Waals surface area contributed by atoms with Gasteiger partial charge in [-0.05, 0) is 49.9 Å². The van der Waals surface area contributed by atoms with Gasteiger partial charge in [-0.25, -0.2) is 14.4 Å². The standard InChI is InChI=1S/C23H24FN5S/c1-30-23-27-20-21(17-6-2-3-7-19(17)26-22(20)25)29(23)13-15-8-9-16(18(24)12-15)14-28-10-4-5-11-28/h2-3,6-9,12H,4-5,10-11,13-14H2,1H3,(H2,25,26). The minimum atomic E-state index is -0.138. The van der Waals surface area contributed by atoms with Crippen LogP contribution in [0.5, 0.6) is 0 Å². The first-order chi connectivity index (χ1) is 14.6. The number of nitrogen functional groups attached to an aromatic ring is 1. The summed E-state index contributed by atoms with van der Waals surface area (Å²) in [6.45, 7) is 3.33. The average molecular weight is 422 g/mol. The Morgan fingerprint density at radius 3 is 2.63 bits per heavy atom. The summed E-state index contributed by atoms with van der Waals surface area (Å²) < 4.78 is 17.0. The number of anilines is 1. The molecule has 1 aliphatic heterocycles. The van der Waals surface area contributed by atoms with Gasteiger partial charge in [-0.15, -0.1) is 0 Å². The Labute approximate surface area is 179 Å². The van der Waals surface area contributed by atoms with Gasteiger partial charge >= 0.3 is 0 Å². The monoisotopic (exact) mass is 421 g/mol. The molecular formula is C23H24FN5S. The van der Waals surface area contributed by atoms with Crippen LogP contribution in [0.15, 0.2) is 47.6 Å². The molecule has 1 fully saturated rings. The third kappa shape index (κ3) is 3.42. The lowest BCUT2D eigenvalue weighted by atomic mass is 10.1. The summed E-state index contributed by atoms with van der Waals surface area (Å²) in [4.78, 5) is 11.5. The lowest BCUT2D eigenvalue weighted by molar-refractivity contribution is 0.325. The Balaban J connectivity index is 1.55. The van der Waals surface area contributed by atoms with Crippen LogP contribution in [0.4, 0.5) is 10.2 Å². The maximum Gasteiger partial charge on any atom is 0.169 e. The summed E-state index contributed by atoms with van der Waals surface area (Å²) in [6, 6.07) is 13.5. The molecule has 0 amide bonds. The lowest BCUT2D eigenvalue weighted by Crippen LogP contribution is -2.19. The fourth-order valence-corrected chi connectivity index (χ4v) is 4.88. The number of thioether (sulfide) groups is 1. The van der Waals surface area contributed by atoms with Crippen LogP contribution >= 0.6 is 11.8 Å². The van der Waals surface area contributed by atoms with Gasteiger partial charge in [0.05, 0.1) is 17.6 Å². The molecule has 5 rings (SSSR count). The molecule has 0 radical (unpaired) electrons. The number of hydrogen-bond donors (Lipinski definition) is 1. The number of para-hydroxylation sites is 1. The number of rotatable bonds is 5. The molecule has 5 nitrogen and oxygen atoms in total. The molecule has 2 aromatic heterocycles. The number of aromatic nitrogens is 3. The van der Waals surface area contributed by atoms with Crippen molar-refractivity contribution in [3.05, 3.63) is 59.4 Å². The van der Waals surface area contributed by atoms with Crippen LogP contribution in [0, 0.1) is 5.82 Å². The van der Waals surface area contributed by atoms with E-state index in [2.05, 4.69) is 14.5 Å². The summed E-state index contributed by atoms with van der Waals surface area (Å²) in [5.74, 6) is 0.283. The van der Waals surface area contributed by atoms with E-state index in [0.29, 0.717) is 24.4 Å². The van der Waals surface area contributed by atoms with Crippen molar-refractivity contribution in [2.45, 2.75) is 31.1 Å². The number of likely N-dealkylation sites (tertiary alicyclic amines) is 1. The smallest absolute Gasteiger partial charge is 0.169 e. The predicted octanol–water partition coefficient (Wildman–Crippen LogP) is 4.67. The first-order valence-electron chi connectivity index (χ1n) is 10.2. The molecular weight excluding hydrogens is 397 g/mol. The topological polar surface area (TPSA) is 60.0 Å². The number of nitrogens with two attached hydrogens (primary N) is 1. The fraction of sp³-hybridized carbons (Fsp3) is 0.304. The molecule has 0 bridgehead atoms. The van der Waals surface area contributed by atoms with E-state index in [9.17, 15) is 4.39 Å². The Morgan fingerprint density at radius 2 is 1.87 bits per heavy atom. The van der Waals surface area contributed by atoms with Crippen molar-refractivity contribution in [2.75, 3.05) is 25.1 Å². The molecule has 0 unspecified atom stereocenters. The first-order valence-corrected chi connectivity index (χ1v) is 11.4. The molecule has 3 heterocycles. The van der Waals surface area contributed by atoms with E-state index in [-0.39, 0.29) is 5.82 Å². The number of benzene rings is 2. The van der Waals surface area contributed by atoms with E-state index in [4.69, 9.17) is 10.7 Å². The molecule has 2 aromatic carbocycles. The van der Waals surface area contributed by atoms with E-state index in [1.807, 2.05) is 42.7 Å². The summed E-state index contributed by atoms with van der Waals surface area (Å²) in [7, 11) is 0. The largest absolute Gasteiger partial charge is 0.382 e. The van der Waals surface area contributed by atoms with Crippen LogP contribution in [-0.4, -0.2) is 38.8 Å². The van der Waals surface area contributed by atoms with Crippen LogP contribution in [0.3, 0.4) is 0 Å². The highest BCUT2D eigenvalue weighted by atomic mass is 32.2. The molecule has 2 N–H and O–H groups in total. The third-order valence-electron chi connectivity index (χ3n) is 5.81. The van der Waals surface area contributed by atoms with Gasteiger partial charge in [0.15, 0.2) is 11.0 Å². The zero-order valence-electron chi connectivity index (χ0n) is 16.9. The first kappa shape index (κ1) is 19.3. The average Bonchev–Trinajstić information content (AvgIpc) is 3.38. The van der Waals surface area contributed by atoms with E-state index < -0.39 is 0 Å². The van der Waals surface area contributed by atoms with Gasteiger partial charge in [-0.3, -0.25) is 4.90 Å². The summed E-state index contributed by atoms with van der Waals surface area (Å²) in [5.41, 5.74) is 10.4. The van der Waals surface area contributed by atoms with Crippen LogP contribution < -0.4 is 5.73 Å². The molecule has 30 heavy (non-hydrogen) atoms. The number of halogens is 1. The Kier molecular flexibility index (Phi) is 5.08. The summed E-state index contributed by atoms with van der Waals surface area (Å²) in [5, 5.41) is 1.84. The Morgan fingerprint density at radius 1 is 1.07 bits per heavy atom. The molecule has 1 aliphatic rings. The highest BCUT2D eigenvalue weighted by Gasteiger charge is 2.18. The number of fused-ring (bicyclic) bond motifs is 3. The molecule has 4 aromatic rings. The molecule has 0 spiro atoms. The van der Waals surface area contributed by atoms with Crippen LogP contribution in [-0.2, 0) is 13.1 Å². The summed E-state index contributed by atoms with van der Waals surface area (Å²) in [6.07, 6.45) is 4.40. The van der Waals surface area contributed by atoms with Crippen molar-refractivity contribution in [1.82, 2.24) is 19.4 Å². The van der Waals surface area contributed by atoms with Crippen molar-refractivity contribution in [1.29, 1.82) is 0 Å². The van der Waals surface area contributed by atoms with Gasteiger partial charge in [-0.1, -0.05) is 42.1 Å². The molecule has 0 saturated carbocycles. The Bertz CT molecular complexity index is 1230. The zero-order valence-corrected chi connectivity index (χ0v) is 17.8. The van der Waals surface area contributed by atoms with Crippen LogP contribution in [0.2, 0.25) is 0 Å². The number of imidazole rings is 1. The van der Waals surface area contributed by atoms with Crippen molar-refractivity contribution in [3.63, 3.8) is 0 Å². The molecule has 154 valence electrons. The molecule has 1 saturated heterocycles. The Hall–Kier alpha value is -2.64. The van der Waals surface area contributed by atoms with Crippen molar-refractivity contribution >= 4 is 39.5 Å². The van der Waals surface area contributed by atoms with Crippen LogP contribution in [0.1, 0.15) is 24.0 Å². The van der Waals surface area contributed by atoms with Gasteiger partial charge in [0, 0.05) is 17.5 Å². The zero-order chi connectivity index (χ0) is 20.7. The number of pyridine rings is 1. The second kappa shape index (κ2) is 7.89. The fourth-order valence-electron chi connectivity index (χ4n) is 4.32. The van der Waals surface area contributed by atoms with Crippen LogP contribution in [0.25, 0.3) is 21.9 Å². The van der Waals surface area contributed by atoms with Gasteiger partial charge in [0.1, 0.15) is 11.3 Å². The van der Waals surface area contributed by atoms with Crippen molar-refractivity contribution < 1.29 is 4.39 Å². The van der Waals surface area contributed by atoms with E-state index in [0.717, 1.165) is 45.8 Å². The van der Waals surface area contributed by atoms with Crippen molar-refractivity contribution in [3.8, 4) is 0 Å². The van der Waals surface area contributed by atoms with Gasteiger partial charge in [0.25, 0.3) is 0 Å². The summed E-state index contributed by atoms with van der Waals surface area (Å²) >= 11 is 1.55. The van der Waals surface area contributed by atoms with Gasteiger partial charge in [-0.2, -0.15) is 0 Å². The van der Waals surface area contributed by atoms with Crippen molar-refractivity contribution in [2.24, 2.45) is 0 Å².